The number of benzene rings is 1. The molecule has 0 spiro atoms. The lowest BCUT2D eigenvalue weighted by atomic mass is 10.2. The van der Waals surface area contributed by atoms with Crippen molar-refractivity contribution in [1.29, 1.82) is 0 Å². The van der Waals surface area contributed by atoms with Gasteiger partial charge in [-0.05, 0) is 26.0 Å². The van der Waals surface area contributed by atoms with E-state index < -0.39 is 33.9 Å². The molecule has 0 bridgehead atoms. The van der Waals surface area contributed by atoms with Gasteiger partial charge in [-0.3, -0.25) is 9.10 Å². The summed E-state index contributed by atoms with van der Waals surface area (Å²) in [5.74, 6) is -1.18. The normalized spacial score (nSPS) is 16.0. The van der Waals surface area contributed by atoms with Crippen molar-refractivity contribution in [3.63, 3.8) is 0 Å². The molecular weight excluding hydrogens is 377 g/mol. The molecule has 2 rings (SSSR count). The average molecular weight is 401 g/mol. The van der Waals surface area contributed by atoms with Crippen LogP contribution >= 0.6 is 0 Å². The first-order chi connectivity index (χ1) is 12.7. The monoisotopic (exact) mass is 401 g/mol. The molecule has 8 nitrogen and oxygen atoms in total. The van der Waals surface area contributed by atoms with Crippen LogP contribution in [0.5, 0.6) is 0 Å². The van der Waals surface area contributed by atoms with Gasteiger partial charge in [0.15, 0.2) is 0 Å². The molecule has 0 saturated carbocycles. The Hall–Kier alpha value is -2.36. The zero-order chi connectivity index (χ0) is 20.2. The Labute approximate surface area is 158 Å². The van der Waals surface area contributed by atoms with E-state index in [1.165, 1.54) is 34.9 Å². The van der Waals surface area contributed by atoms with Crippen molar-refractivity contribution in [2.24, 2.45) is 0 Å². The number of rotatable bonds is 5. The predicted octanol–water partition coefficient (Wildman–Crippen LogP) is 1.28. The van der Waals surface area contributed by atoms with Crippen LogP contribution in [0.3, 0.4) is 0 Å². The number of sulfonamides is 1. The molecule has 150 valence electrons. The summed E-state index contributed by atoms with van der Waals surface area (Å²) in [6, 6.07) is 4.29. The van der Waals surface area contributed by atoms with E-state index in [4.69, 9.17) is 4.74 Å². The van der Waals surface area contributed by atoms with Crippen molar-refractivity contribution < 1.29 is 27.1 Å². The number of carbonyl (C=O) groups is 2. The second kappa shape index (κ2) is 8.55. The minimum atomic E-state index is -3.89. The minimum absolute atomic E-state index is 0.175. The number of hydrogen-bond acceptors (Lipinski definition) is 5. The smallest absolute Gasteiger partial charge is 0.409 e. The number of halogens is 1. The third-order valence-electron chi connectivity index (χ3n) is 4.27. The van der Waals surface area contributed by atoms with E-state index in [2.05, 4.69) is 0 Å². The SMILES string of the molecule is CCOC(=O)N1CCN(C(=O)[C@H](C)N(c2ccccc2F)S(C)(=O)=O)CC1. The Morgan fingerprint density at radius 2 is 1.74 bits per heavy atom. The first-order valence-electron chi connectivity index (χ1n) is 8.61. The maximum Gasteiger partial charge on any atom is 0.409 e. The van der Waals surface area contributed by atoms with E-state index in [-0.39, 0.29) is 38.5 Å². The molecule has 1 aromatic rings. The van der Waals surface area contributed by atoms with Gasteiger partial charge in [0.2, 0.25) is 15.9 Å². The minimum Gasteiger partial charge on any atom is -0.450 e. The third-order valence-corrected chi connectivity index (χ3v) is 5.50. The summed E-state index contributed by atoms with van der Waals surface area (Å²) in [4.78, 5) is 27.5. The summed E-state index contributed by atoms with van der Waals surface area (Å²) < 4.78 is 44.4. The Balaban J connectivity index is 2.15. The number of hydrogen-bond donors (Lipinski definition) is 0. The van der Waals surface area contributed by atoms with Crippen LogP contribution in [0.4, 0.5) is 14.9 Å². The highest BCUT2D eigenvalue weighted by molar-refractivity contribution is 7.92. The number of piperazine rings is 1. The Kier molecular flexibility index (Phi) is 6.63. The Morgan fingerprint density at radius 1 is 1.19 bits per heavy atom. The molecule has 1 fully saturated rings. The van der Waals surface area contributed by atoms with E-state index in [9.17, 15) is 22.4 Å². The number of nitrogens with zero attached hydrogens (tertiary/aromatic N) is 3. The Morgan fingerprint density at radius 3 is 2.26 bits per heavy atom. The molecule has 1 aromatic carbocycles. The van der Waals surface area contributed by atoms with Gasteiger partial charge in [-0.25, -0.2) is 17.6 Å². The van der Waals surface area contributed by atoms with Crippen LogP contribution in [-0.2, 0) is 19.6 Å². The highest BCUT2D eigenvalue weighted by atomic mass is 32.2. The quantitative estimate of drug-likeness (QED) is 0.742. The van der Waals surface area contributed by atoms with Crippen LogP contribution in [0.15, 0.2) is 24.3 Å². The topological polar surface area (TPSA) is 87.2 Å². The van der Waals surface area contributed by atoms with Crippen LogP contribution in [0.2, 0.25) is 0 Å². The zero-order valence-corrected chi connectivity index (χ0v) is 16.4. The van der Waals surface area contributed by atoms with Gasteiger partial charge in [0, 0.05) is 26.2 Å². The molecule has 10 heteroatoms. The van der Waals surface area contributed by atoms with Crippen molar-refractivity contribution in [3.8, 4) is 0 Å². The average Bonchev–Trinajstić information content (AvgIpc) is 2.62. The van der Waals surface area contributed by atoms with Gasteiger partial charge in [0.05, 0.1) is 18.6 Å². The van der Waals surface area contributed by atoms with Crippen molar-refractivity contribution in [2.75, 3.05) is 43.3 Å². The summed E-state index contributed by atoms with van der Waals surface area (Å²) in [5, 5.41) is 0. The van der Waals surface area contributed by atoms with Crippen LogP contribution < -0.4 is 4.31 Å². The summed E-state index contributed by atoms with van der Waals surface area (Å²) in [7, 11) is -3.89. The van der Waals surface area contributed by atoms with E-state index in [0.29, 0.717) is 0 Å². The largest absolute Gasteiger partial charge is 0.450 e. The second-order valence-corrected chi connectivity index (χ2v) is 8.06. The molecule has 1 atom stereocenters. The van der Waals surface area contributed by atoms with Gasteiger partial charge in [0.25, 0.3) is 0 Å². The fourth-order valence-corrected chi connectivity index (χ4v) is 4.16. The third kappa shape index (κ3) is 4.88. The lowest BCUT2D eigenvalue weighted by molar-refractivity contribution is -0.133. The van der Waals surface area contributed by atoms with Gasteiger partial charge in [0.1, 0.15) is 11.9 Å². The first-order valence-corrected chi connectivity index (χ1v) is 10.5. The van der Waals surface area contributed by atoms with E-state index in [1.807, 2.05) is 0 Å². The van der Waals surface area contributed by atoms with Gasteiger partial charge in [-0.1, -0.05) is 12.1 Å². The summed E-state index contributed by atoms with van der Waals surface area (Å²) >= 11 is 0. The van der Waals surface area contributed by atoms with Crippen LogP contribution in [0.1, 0.15) is 13.8 Å². The lowest BCUT2D eigenvalue weighted by Crippen LogP contribution is -2.56. The molecule has 2 amide bonds. The predicted molar refractivity (Wildman–Crippen MR) is 98.4 cm³/mol. The van der Waals surface area contributed by atoms with Crippen molar-refractivity contribution in [1.82, 2.24) is 9.80 Å². The number of anilines is 1. The van der Waals surface area contributed by atoms with E-state index in [1.54, 1.807) is 6.92 Å². The van der Waals surface area contributed by atoms with Gasteiger partial charge < -0.3 is 14.5 Å². The number of carbonyl (C=O) groups excluding carboxylic acids is 2. The molecule has 0 unspecified atom stereocenters. The van der Waals surface area contributed by atoms with Crippen LogP contribution in [0.25, 0.3) is 0 Å². The molecule has 1 aliphatic rings. The lowest BCUT2D eigenvalue weighted by Gasteiger charge is -2.37. The summed E-state index contributed by atoms with van der Waals surface area (Å²) in [6.07, 6.45) is 0.490. The number of amides is 2. The summed E-state index contributed by atoms with van der Waals surface area (Å²) in [6.45, 7) is 4.47. The molecule has 1 heterocycles. The van der Waals surface area contributed by atoms with Crippen molar-refractivity contribution in [2.45, 2.75) is 19.9 Å². The molecule has 1 saturated heterocycles. The zero-order valence-electron chi connectivity index (χ0n) is 15.6. The van der Waals surface area contributed by atoms with Crippen LogP contribution in [0, 0.1) is 5.82 Å². The van der Waals surface area contributed by atoms with Gasteiger partial charge in [-0.15, -0.1) is 0 Å². The fraction of sp³-hybridized carbons (Fsp3) is 0.529. The maximum atomic E-state index is 14.2. The molecular formula is C17H24FN3O5S. The summed E-state index contributed by atoms with van der Waals surface area (Å²) in [5.41, 5.74) is -0.175. The van der Waals surface area contributed by atoms with Gasteiger partial charge in [-0.2, -0.15) is 0 Å². The van der Waals surface area contributed by atoms with Crippen LogP contribution in [-0.4, -0.2) is 75.3 Å². The highest BCUT2D eigenvalue weighted by Crippen LogP contribution is 2.25. The molecule has 1 aliphatic heterocycles. The molecule has 0 radical (unpaired) electrons. The standard InChI is InChI=1S/C17H24FN3O5S/c1-4-26-17(23)20-11-9-19(10-12-20)16(22)13(2)21(27(3,24)25)15-8-6-5-7-14(15)18/h5-8,13H,4,9-12H2,1-3H3/t13-/m0/s1. The number of ether oxygens (including phenoxy) is 1. The molecule has 27 heavy (non-hydrogen) atoms. The molecule has 0 N–H and O–H groups in total. The van der Waals surface area contributed by atoms with E-state index in [0.717, 1.165) is 16.6 Å². The second-order valence-electron chi connectivity index (χ2n) is 6.20. The van der Waals surface area contributed by atoms with Gasteiger partial charge >= 0.3 is 6.09 Å². The molecule has 0 aromatic heterocycles. The highest BCUT2D eigenvalue weighted by Gasteiger charge is 2.35. The first kappa shape index (κ1) is 20.9. The van der Waals surface area contributed by atoms with Crippen molar-refractivity contribution >= 4 is 27.7 Å². The fourth-order valence-electron chi connectivity index (χ4n) is 2.99. The molecule has 0 aliphatic carbocycles. The maximum absolute atomic E-state index is 14.2. The van der Waals surface area contributed by atoms with Crippen molar-refractivity contribution in [3.05, 3.63) is 30.1 Å². The number of para-hydroxylation sites is 1. The Bertz CT molecular complexity index is 794. The van der Waals surface area contributed by atoms with E-state index >= 15 is 0 Å².